The first kappa shape index (κ1) is 10.1. The van der Waals surface area contributed by atoms with Gasteiger partial charge < -0.3 is 13.9 Å². The number of rotatable bonds is 7. The second-order valence-electron chi connectivity index (χ2n) is 1.80. The number of hydrogen-bond donors (Lipinski definition) is 0. The minimum absolute atomic E-state index is 0.679. The predicted octanol–water partition coefficient (Wildman–Crippen LogP) is -0.663. The largest absolute Gasteiger partial charge is 0.426 e. The first-order valence-corrected chi connectivity index (χ1v) is 4.38. The summed E-state index contributed by atoms with van der Waals surface area (Å²) in [7, 11) is 0.798. The highest BCUT2D eigenvalue weighted by molar-refractivity contribution is 5.97. The van der Waals surface area contributed by atoms with Crippen LogP contribution in [0.15, 0.2) is 0 Å². The first-order valence-electron chi connectivity index (χ1n) is 3.56. The lowest BCUT2D eigenvalue weighted by molar-refractivity contribution is 0.0415. The standard InChI is InChI=1S/C6H16O3Si/c1-2-7-3-4-8-5-6-9-10/h2-6H2,1,10H3. The summed E-state index contributed by atoms with van der Waals surface area (Å²) >= 11 is 0. The lowest BCUT2D eigenvalue weighted by Gasteiger charge is -2.02. The van der Waals surface area contributed by atoms with Gasteiger partial charge in [0.1, 0.15) is 10.5 Å². The molecule has 10 heavy (non-hydrogen) atoms. The summed E-state index contributed by atoms with van der Waals surface area (Å²) in [6.45, 7) is 5.52. The zero-order chi connectivity index (χ0) is 7.66. The van der Waals surface area contributed by atoms with Gasteiger partial charge in [0.05, 0.1) is 26.4 Å². The molecule has 0 aliphatic heterocycles. The van der Waals surface area contributed by atoms with Crippen molar-refractivity contribution < 1.29 is 13.9 Å². The van der Waals surface area contributed by atoms with Crippen molar-refractivity contribution in [2.45, 2.75) is 6.92 Å². The van der Waals surface area contributed by atoms with Crippen LogP contribution in [0, 0.1) is 0 Å². The van der Waals surface area contributed by atoms with E-state index < -0.39 is 0 Å². The molecule has 0 N–H and O–H groups in total. The molecular weight excluding hydrogens is 148 g/mol. The Hall–Kier alpha value is 0.0969. The van der Waals surface area contributed by atoms with E-state index in [4.69, 9.17) is 13.9 Å². The first-order chi connectivity index (χ1) is 4.91. The van der Waals surface area contributed by atoms with Crippen LogP contribution in [0.4, 0.5) is 0 Å². The van der Waals surface area contributed by atoms with E-state index >= 15 is 0 Å². The number of ether oxygens (including phenoxy) is 2. The van der Waals surface area contributed by atoms with Crippen LogP contribution in [-0.2, 0) is 13.9 Å². The molecule has 0 rings (SSSR count). The molecule has 62 valence electrons. The van der Waals surface area contributed by atoms with E-state index in [1.165, 1.54) is 0 Å². The van der Waals surface area contributed by atoms with Gasteiger partial charge in [0.2, 0.25) is 0 Å². The summed E-state index contributed by atoms with van der Waals surface area (Å²) in [5, 5.41) is 0. The Balaban J connectivity index is 2.65. The lowest BCUT2D eigenvalue weighted by Crippen LogP contribution is -2.08. The summed E-state index contributed by atoms with van der Waals surface area (Å²) in [5.74, 6) is 0. The molecule has 0 bridgehead atoms. The van der Waals surface area contributed by atoms with E-state index in [9.17, 15) is 0 Å². The third-order valence-electron chi connectivity index (χ3n) is 1.01. The van der Waals surface area contributed by atoms with Crippen molar-refractivity contribution in [2.24, 2.45) is 0 Å². The van der Waals surface area contributed by atoms with Crippen LogP contribution in [0.25, 0.3) is 0 Å². The molecule has 4 heteroatoms. The molecule has 0 amide bonds. The van der Waals surface area contributed by atoms with Crippen LogP contribution in [0.5, 0.6) is 0 Å². The van der Waals surface area contributed by atoms with Crippen molar-refractivity contribution in [3.63, 3.8) is 0 Å². The van der Waals surface area contributed by atoms with Crippen LogP contribution in [-0.4, -0.2) is 43.5 Å². The Bertz CT molecular complexity index is 53.0. The molecular formula is C6H16O3Si. The third kappa shape index (κ3) is 8.10. The Kier molecular flexibility index (Phi) is 9.19. The summed E-state index contributed by atoms with van der Waals surface area (Å²) in [4.78, 5) is 0. The number of hydrogen-bond acceptors (Lipinski definition) is 3. The summed E-state index contributed by atoms with van der Waals surface area (Å²) < 4.78 is 15.1. The molecule has 0 aromatic carbocycles. The second-order valence-corrected chi connectivity index (χ2v) is 2.38. The smallest absolute Gasteiger partial charge is 0.146 e. The second kappa shape index (κ2) is 9.10. The monoisotopic (exact) mass is 164 g/mol. The fraction of sp³-hybridized carbons (Fsp3) is 1.00. The average molecular weight is 164 g/mol. The van der Waals surface area contributed by atoms with Crippen LogP contribution in [0.1, 0.15) is 6.92 Å². The van der Waals surface area contributed by atoms with Crippen molar-refractivity contribution in [1.29, 1.82) is 0 Å². The predicted molar refractivity (Wildman–Crippen MR) is 43.2 cm³/mol. The van der Waals surface area contributed by atoms with Crippen molar-refractivity contribution in [1.82, 2.24) is 0 Å². The molecule has 0 spiro atoms. The van der Waals surface area contributed by atoms with Crippen LogP contribution in [0.2, 0.25) is 0 Å². The van der Waals surface area contributed by atoms with Gasteiger partial charge in [-0.1, -0.05) is 0 Å². The average Bonchev–Trinajstić information content (AvgIpc) is 1.97. The van der Waals surface area contributed by atoms with Crippen molar-refractivity contribution in [3.8, 4) is 0 Å². The fourth-order valence-corrected chi connectivity index (χ4v) is 0.673. The van der Waals surface area contributed by atoms with E-state index in [0.29, 0.717) is 19.8 Å². The molecule has 0 saturated heterocycles. The van der Waals surface area contributed by atoms with Crippen molar-refractivity contribution >= 4 is 10.5 Å². The van der Waals surface area contributed by atoms with Gasteiger partial charge in [0.25, 0.3) is 0 Å². The highest BCUT2D eigenvalue weighted by Gasteiger charge is 1.85. The molecule has 0 radical (unpaired) electrons. The van der Waals surface area contributed by atoms with Gasteiger partial charge in [-0.15, -0.1) is 0 Å². The van der Waals surface area contributed by atoms with Crippen LogP contribution >= 0.6 is 0 Å². The van der Waals surface area contributed by atoms with Gasteiger partial charge in [-0.25, -0.2) is 0 Å². The van der Waals surface area contributed by atoms with E-state index in [1.807, 2.05) is 6.92 Å². The highest BCUT2D eigenvalue weighted by atomic mass is 28.2. The highest BCUT2D eigenvalue weighted by Crippen LogP contribution is 1.77. The maximum atomic E-state index is 5.15. The zero-order valence-corrected chi connectivity index (χ0v) is 8.76. The summed E-state index contributed by atoms with van der Waals surface area (Å²) in [5.41, 5.74) is 0. The van der Waals surface area contributed by atoms with E-state index in [1.54, 1.807) is 0 Å². The van der Waals surface area contributed by atoms with E-state index in [0.717, 1.165) is 23.7 Å². The minimum Gasteiger partial charge on any atom is -0.426 e. The Labute approximate surface area is 65.2 Å². The van der Waals surface area contributed by atoms with Crippen LogP contribution < -0.4 is 0 Å². The maximum Gasteiger partial charge on any atom is 0.146 e. The van der Waals surface area contributed by atoms with E-state index in [2.05, 4.69) is 0 Å². The molecule has 0 aliphatic carbocycles. The SMILES string of the molecule is CCOCCOCCO[SiH3]. The minimum atomic E-state index is 0.679. The molecule has 0 aromatic heterocycles. The quantitative estimate of drug-likeness (QED) is 0.369. The van der Waals surface area contributed by atoms with Crippen molar-refractivity contribution in [3.05, 3.63) is 0 Å². The zero-order valence-electron chi connectivity index (χ0n) is 6.76. The lowest BCUT2D eigenvalue weighted by atomic mass is 10.7. The maximum absolute atomic E-state index is 5.15. The molecule has 0 aliphatic rings. The molecule has 0 heterocycles. The Morgan fingerprint density at radius 2 is 1.60 bits per heavy atom. The normalized spacial score (nSPS) is 10.5. The van der Waals surface area contributed by atoms with E-state index in [-0.39, 0.29) is 0 Å². The molecule has 0 unspecified atom stereocenters. The Morgan fingerprint density at radius 1 is 1.00 bits per heavy atom. The molecule has 0 saturated carbocycles. The molecule has 3 nitrogen and oxygen atoms in total. The molecule has 0 aromatic rings. The van der Waals surface area contributed by atoms with Crippen LogP contribution in [0.3, 0.4) is 0 Å². The summed E-state index contributed by atoms with van der Waals surface area (Å²) in [6.07, 6.45) is 0. The van der Waals surface area contributed by atoms with Gasteiger partial charge in [-0.3, -0.25) is 0 Å². The summed E-state index contributed by atoms with van der Waals surface area (Å²) in [6, 6.07) is 0. The molecule has 0 fully saturated rings. The topological polar surface area (TPSA) is 27.7 Å². The fourth-order valence-electron chi connectivity index (χ4n) is 0.507. The van der Waals surface area contributed by atoms with Crippen molar-refractivity contribution in [2.75, 3.05) is 33.0 Å². The van der Waals surface area contributed by atoms with Gasteiger partial charge in [-0.2, -0.15) is 0 Å². The van der Waals surface area contributed by atoms with Gasteiger partial charge in [0, 0.05) is 6.61 Å². The van der Waals surface area contributed by atoms with Gasteiger partial charge in [-0.05, 0) is 6.92 Å². The van der Waals surface area contributed by atoms with Gasteiger partial charge in [0.15, 0.2) is 0 Å². The van der Waals surface area contributed by atoms with Gasteiger partial charge >= 0.3 is 0 Å². The Morgan fingerprint density at radius 3 is 2.20 bits per heavy atom. The third-order valence-corrected chi connectivity index (χ3v) is 1.42. The molecule has 0 atom stereocenters.